The number of carbonyl (C=O) groups is 1. The summed E-state index contributed by atoms with van der Waals surface area (Å²) in [4.78, 5) is 14.4. The highest BCUT2D eigenvalue weighted by atomic mass is 35.5. The van der Waals surface area contributed by atoms with Crippen LogP contribution in [0.3, 0.4) is 0 Å². The zero-order valence-electron chi connectivity index (χ0n) is 13.4. The van der Waals surface area contributed by atoms with E-state index in [4.69, 9.17) is 21.9 Å². The molecule has 2 heterocycles. The molecule has 1 aromatic heterocycles. The van der Waals surface area contributed by atoms with Crippen LogP contribution in [0.5, 0.6) is 0 Å². The smallest absolute Gasteiger partial charge is 0.292 e. The van der Waals surface area contributed by atoms with Gasteiger partial charge in [0.25, 0.3) is 5.91 Å². The van der Waals surface area contributed by atoms with E-state index < -0.39 is 0 Å². The molecule has 0 radical (unpaired) electrons. The minimum absolute atomic E-state index is 0. The van der Waals surface area contributed by atoms with Gasteiger partial charge in [-0.1, -0.05) is 28.9 Å². The SMILES string of the molecule is CC(N)C1CCCN(C(=O)c2cc(-c3cccc(Cl)c3)no2)C1.Cl. The number of rotatable bonds is 3. The first-order valence-corrected chi connectivity index (χ1v) is 8.20. The minimum atomic E-state index is -0.129. The van der Waals surface area contributed by atoms with Crippen molar-refractivity contribution in [1.82, 2.24) is 10.1 Å². The number of hydrogen-bond acceptors (Lipinski definition) is 4. The highest BCUT2D eigenvalue weighted by Crippen LogP contribution is 2.25. The molecule has 1 fully saturated rings. The van der Waals surface area contributed by atoms with Gasteiger partial charge in [0.15, 0.2) is 0 Å². The Labute approximate surface area is 152 Å². The molecule has 2 atom stereocenters. The Kier molecular flexibility index (Phi) is 6.27. The number of halogens is 2. The van der Waals surface area contributed by atoms with Gasteiger partial charge < -0.3 is 15.2 Å². The molecule has 3 rings (SSSR count). The number of likely N-dealkylation sites (tertiary alicyclic amines) is 1. The molecule has 1 aliphatic heterocycles. The molecule has 2 aromatic rings. The average molecular weight is 370 g/mol. The van der Waals surface area contributed by atoms with Crippen LogP contribution in [-0.2, 0) is 0 Å². The summed E-state index contributed by atoms with van der Waals surface area (Å²) in [6.07, 6.45) is 2.03. The Bertz CT molecular complexity index is 703. The van der Waals surface area contributed by atoms with Crippen molar-refractivity contribution in [3.63, 3.8) is 0 Å². The van der Waals surface area contributed by atoms with E-state index in [0.29, 0.717) is 23.2 Å². The van der Waals surface area contributed by atoms with Crippen LogP contribution in [0.1, 0.15) is 30.3 Å². The number of aromatic nitrogens is 1. The van der Waals surface area contributed by atoms with Crippen molar-refractivity contribution in [2.75, 3.05) is 13.1 Å². The largest absolute Gasteiger partial charge is 0.350 e. The Morgan fingerprint density at radius 1 is 1.46 bits per heavy atom. The molecule has 7 heteroatoms. The third kappa shape index (κ3) is 4.09. The van der Waals surface area contributed by atoms with Crippen molar-refractivity contribution >= 4 is 29.9 Å². The Balaban J connectivity index is 0.00000208. The maximum Gasteiger partial charge on any atom is 0.292 e. The van der Waals surface area contributed by atoms with Crippen LogP contribution < -0.4 is 5.73 Å². The van der Waals surface area contributed by atoms with Gasteiger partial charge in [-0.3, -0.25) is 4.79 Å². The van der Waals surface area contributed by atoms with Crippen molar-refractivity contribution in [2.24, 2.45) is 11.7 Å². The van der Waals surface area contributed by atoms with Gasteiger partial charge in [-0.05, 0) is 37.8 Å². The number of nitrogens with two attached hydrogens (primary N) is 1. The van der Waals surface area contributed by atoms with Crippen molar-refractivity contribution in [2.45, 2.75) is 25.8 Å². The van der Waals surface area contributed by atoms with E-state index in [1.54, 1.807) is 23.1 Å². The fourth-order valence-corrected chi connectivity index (χ4v) is 3.13. The third-order valence-corrected chi connectivity index (χ3v) is 4.57. The van der Waals surface area contributed by atoms with Crippen LogP contribution in [-0.4, -0.2) is 35.1 Å². The number of amides is 1. The fraction of sp³-hybridized carbons (Fsp3) is 0.412. The first kappa shape index (κ1) is 18.8. The summed E-state index contributed by atoms with van der Waals surface area (Å²) in [6, 6.07) is 9.06. The Morgan fingerprint density at radius 3 is 2.96 bits per heavy atom. The summed E-state index contributed by atoms with van der Waals surface area (Å²) in [7, 11) is 0. The third-order valence-electron chi connectivity index (χ3n) is 4.33. The molecule has 2 unspecified atom stereocenters. The summed E-state index contributed by atoms with van der Waals surface area (Å²) in [5.41, 5.74) is 7.41. The van der Waals surface area contributed by atoms with Crippen molar-refractivity contribution in [3.8, 4) is 11.3 Å². The van der Waals surface area contributed by atoms with E-state index in [2.05, 4.69) is 5.16 Å². The second-order valence-electron chi connectivity index (χ2n) is 6.10. The summed E-state index contributed by atoms with van der Waals surface area (Å²) in [5.74, 6) is 0.462. The summed E-state index contributed by atoms with van der Waals surface area (Å²) in [6.45, 7) is 3.39. The van der Waals surface area contributed by atoms with Crippen LogP contribution in [0, 0.1) is 5.92 Å². The lowest BCUT2D eigenvalue weighted by molar-refractivity contribution is 0.0619. The predicted octanol–water partition coefficient (Wildman–Crippen LogP) is 3.62. The maximum atomic E-state index is 12.6. The zero-order chi connectivity index (χ0) is 16.4. The predicted molar refractivity (Wildman–Crippen MR) is 96.5 cm³/mol. The maximum absolute atomic E-state index is 12.6. The van der Waals surface area contributed by atoms with Crippen LogP contribution >= 0.6 is 24.0 Å². The molecule has 5 nitrogen and oxygen atoms in total. The van der Waals surface area contributed by atoms with E-state index >= 15 is 0 Å². The van der Waals surface area contributed by atoms with Crippen LogP contribution in [0.4, 0.5) is 0 Å². The monoisotopic (exact) mass is 369 g/mol. The van der Waals surface area contributed by atoms with Gasteiger partial charge in [0.1, 0.15) is 5.69 Å². The molecule has 0 saturated carbocycles. The second kappa shape index (κ2) is 8.01. The lowest BCUT2D eigenvalue weighted by Gasteiger charge is -2.34. The number of hydrogen-bond donors (Lipinski definition) is 1. The standard InChI is InChI=1S/C17H20ClN3O2.ClH/c1-11(19)13-5-3-7-21(10-13)17(22)16-9-15(20-23-16)12-4-2-6-14(18)8-12;/h2,4,6,8-9,11,13H,3,5,7,10,19H2,1H3;1H. The van der Waals surface area contributed by atoms with E-state index in [0.717, 1.165) is 24.9 Å². The molecule has 1 saturated heterocycles. The number of carbonyl (C=O) groups excluding carboxylic acids is 1. The van der Waals surface area contributed by atoms with E-state index in [1.807, 2.05) is 19.1 Å². The molecule has 0 spiro atoms. The van der Waals surface area contributed by atoms with Gasteiger partial charge in [0.2, 0.25) is 5.76 Å². The quantitative estimate of drug-likeness (QED) is 0.896. The molecule has 130 valence electrons. The van der Waals surface area contributed by atoms with Crippen LogP contribution in [0.25, 0.3) is 11.3 Å². The lowest BCUT2D eigenvalue weighted by Crippen LogP contribution is -2.44. The summed E-state index contributed by atoms with van der Waals surface area (Å²) >= 11 is 5.99. The fourth-order valence-electron chi connectivity index (χ4n) is 2.94. The molecule has 0 aliphatic carbocycles. The van der Waals surface area contributed by atoms with E-state index in [-0.39, 0.29) is 30.1 Å². The van der Waals surface area contributed by atoms with Gasteiger partial charge in [-0.15, -0.1) is 12.4 Å². The molecule has 1 amide bonds. The first-order valence-electron chi connectivity index (χ1n) is 7.82. The molecule has 24 heavy (non-hydrogen) atoms. The van der Waals surface area contributed by atoms with Gasteiger partial charge in [-0.2, -0.15) is 0 Å². The molecule has 0 bridgehead atoms. The Morgan fingerprint density at radius 2 is 2.25 bits per heavy atom. The highest BCUT2D eigenvalue weighted by molar-refractivity contribution is 6.30. The summed E-state index contributed by atoms with van der Waals surface area (Å²) < 4.78 is 5.25. The van der Waals surface area contributed by atoms with E-state index in [9.17, 15) is 4.79 Å². The lowest BCUT2D eigenvalue weighted by atomic mass is 9.92. The number of benzene rings is 1. The van der Waals surface area contributed by atoms with Gasteiger partial charge in [0.05, 0.1) is 0 Å². The van der Waals surface area contributed by atoms with Gasteiger partial charge in [0, 0.05) is 35.8 Å². The number of piperidine rings is 1. The van der Waals surface area contributed by atoms with Crippen LogP contribution in [0.2, 0.25) is 5.02 Å². The highest BCUT2D eigenvalue weighted by Gasteiger charge is 2.28. The second-order valence-corrected chi connectivity index (χ2v) is 6.54. The first-order chi connectivity index (χ1) is 11.0. The van der Waals surface area contributed by atoms with Gasteiger partial charge in [-0.25, -0.2) is 0 Å². The Hall–Kier alpha value is -1.56. The van der Waals surface area contributed by atoms with Crippen molar-refractivity contribution in [3.05, 3.63) is 41.1 Å². The minimum Gasteiger partial charge on any atom is -0.350 e. The molecular weight excluding hydrogens is 349 g/mol. The zero-order valence-corrected chi connectivity index (χ0v) is 15.0. The summed E-state index contributed by atoms with van der Waals surface area (Å²) in [5, 5.41) is 4.61. The van der Waals surface area contributed by atoms with E-state index in [1.165, 1.54) is 0 Å². The van der Waals surface area contributed by atoms with Crippen molar-refractivity contribution < 1.29 is 9.32 Å². The van der Waals surface area contributed by atoms with Crippen molar-refractivity contribution in [1.29, 1.82) is 0 Å². The molecule has 1 aromatic carbocycles. The normalized spacial score (nSPS) is 18.8. The molecule has 2 N–H and O–H groups in total. The average Bonchev–Trinajstić information content (AvgIpc) is 3.04. The molecule has 1 aliphatic rings. The topological polar surface area (TPSA) is 72.4 Å². The van der Waals surface area contributed by atoms with Crippen LogP contribution in [0.15, 0.2) is 34.9 Å². The van der Waals surface area contributed by atoms with Gasteiger partial charge >= 0.3 is 0 Å². The molecular formula is C17H21Cl2N3O2. The number of nitrogens with zero attached hydrogens (tertiary/aromatic N) is 2.